The van der Waals surface area contributed by atoms with Gasteiger partial charge in [-0.15, -0.1) is 0 Å². The first-order valence-corrected chi connectivity index (χ1v) is 9.18. The molecule has 2 aromatic rings. The van der Waals surface area contributed by atoms with Crippen LogP contribution in [0.4, 0.5) is 0 Å². The number of rotatable bonds is 6. The number of ether oxygens (including phenoxy) is 2. The van der Waals surface area contributed by atoms with E-state index in [1.165, 1.54) is 4.67 Å². The molecule has 3 rings (SSSR count). The fourth-order valence-electron chi connectivity index (χ4n) is 2.47. The van der Waals surface area contributed by atoms with Crippen molar-refractivity contribution in [2.75, 3.05) is 13.8 Å². The lowest BCUT2D eigenvalue weighted by Gasteiger charge is -2.28. The summed E-state index contributed by atoms with van der Waals surface area (Å²) in [7, 11) is -2.35. The van der Waals surface area contributed by atoms with Gasteiger partial charge in [0.1, 0.15) is 5.75 Å². The molecule has 0 spiro atoms. The van der Waals surface area contributed by atoms with E-state index in [2.05, 4.69) is 0 Å². The zero-order valence-electron chi connectivity index (χ0n) is 13.6. The van der Waals surface area contributed by atoms with Gasteiger partial charge in [0, 0.05) is 6.04 Å². The minimum absolute atomic E-state index is 0.204. The lowest BCUT2D eigenvalue weighted by atomic mass is 10.1. The molecule has 24 heavy (non-hydrogen) atoms. The molecular weight excluding hydrogens is 329 g/mol. The molecule has 2 atom stereocenters. The average Bonchev–Trinajstić information content (AvgIpc) is 3.02. The Morgan fingerprint density at radius 3 is 2.67 bits per heavy atom. The molecule has 0 saturated heterocycles. The first kappa shape index (κ1) is 16.8. The van der Waals surface area contributed by atoms with E-state index in [1.54, 1.807) is 31.3 Å². The van der Waals surface area contributed by atoms with Crippen LogP contribution in [0.5, 0.6) is 17.2 Å². The standard InChI is InChI=1S/C17H20NO5P/c1-13(10-14-8-9-16-17(11-14)22-12-21-16)18(2)24(19,20)23-15-6-4-3-5-7-15/h3-9,11,13H,10,12H2,1-2H3,(H,19,20). The van der Waals surface area contributed by atoms with Crippen molar-refractivity contribution in [1.82, 2.24) is 4.67 Å². The Labute approximate surface area is 141 Å². The Balaban J connectivity index is 1.67. The van der Waals surface area contributed by atoms with Gasteiger partial charge in [-0.25, -0.2) is 4.57 Å². The molecule has 1 N–H and O–H groups in total. The summed E-state index contributed by atoms with van der Waals surface area (Å²) in [6.07, 6.45) is 0.579. The van der Waals surface area contributed by atoms with Crippen molar-refractivity contribution in [2.24, 2.45) is 0 Å². The van der Waals surface area contributed by atoms with Crippen LogP contribution in [0.15, 0.2) is 48.5 Å². The Morgan fingerprint density at radius 1 is 1.21 bits per heavy atom. The van der Waals surface area contributed by atoms with Crippen molar-refractivity contribution in [2.45, 2.75) is 19.4 Å². The normalized spacial score (nSPS) is 16.7. The van der Waals surface area contributed by atoms with Crippen LogP contribution in [-0.2, 0) is 11.0 Å². The van der Waals surface area contributed by atoms with Crippen molar-refractivity contribution >= 4 is 7.75 Å². The first-order valence-electron chi connectivity index (χ1n) is 7.65. The van der Waals surface area contributed by atoms with E-state index in [-0.39, 0.29) is 12.8 Å². The van der Waals surface area contributed by atoms with Crippen LogP contribution in [0.1, 0.15) is 12.5 Å². The molecular formula is C17H20NO5P. The monoisotopic (exact) mass is 349 g/mol. The molecule has 0 aromatic heterocycles. The summed E-state index contributed by atoms with van der Waals surface area (Å²) >= 11 is 0. The average molecular weight is 349 g/mol. The Morgan fingerprint density at radius 2 is 1.92 bits per heavy atom. The smallest absolute Gasteiger partial charge is 0.454 e. The highest BCUT2D eigenvalue weighted by atomic mass is 31.2. The molecule has 6 nitrogen and oxygen atoms in total. The van der Waals surface area contributed by atoms with Gasteiger partial charge in [0.05, 0.1) is 0 Å². The summed E-state index contributed by atoms with van der Waals surface area (Å²) in [5.41, 5.74) is 0.998. The zero-order chi connectivity index (χ0) is 17.2. The van der Waals surface area contributed by atoms with Crippen molar-refractivity contribution in [3.8, 4) is 17.2 Å². The molecule has 2 aromatic carbocycles. The molecule has 0 radical (unpaired) electrons. The van der Waals surface area contributed by atoms with Crippen molar-refractivity contribution in [1.29, 1.82) is 0 Å². The highest BCUT2D eigenvalue weighted by Gasteiger charge is 2.32. The SMILES string of the molecule is CC(Cc1ccc2c(c1)OCO2)N(C)P(=O)(O)Oc1ccccc1. The van der Waals surface area contributed by atoms with Crippen molar-refractivity contribution in [3.05, 3.63) is 54.1 Å². The third kappa shape index (κ3) is 3.73. The molecule has 7 heteroatoms. The van der Waals surface area contributed by atoms with Crippen molar-refractivity contribution in [3.63, 3.8) is 0 Å². The third-order valence-electron chi connectivity index (χ3n) is 3.97. The number of hydrogen-bond acceptors (Lipinski definition) is 4. The lowest BCUT2D eigenvalue weighted by molar-refractivity contribution is 0.174. The number of hydrogen-bond donors (Lipinski definition) is 1. The van der Waals surface area contributed by atoms with Gasteiger partial charge in [0.25, 0.3) is 0 Å². The van der Waals surface area contributed by atoms with Gasteiger partial charge in [-0.3, -0.25) is 0 Å². The van der Waals surface area contributed by atoms with Crippen LogP contribution >= 0.6 is 7.75 Å². The summed E-state index contributed by atoms with van der Waals surface area (Å²) in [6, 6.07) is 14.1. The minimum atomic E-state index is -3.94. The molecule has 0 aliphatic carbocycles. The van der Waals surface area contributed by atoms with E-state index in [1.807, 2.05) is 31.2 Å². The Hall–Kier alpha value is -2.01. The number of likely N-dealkylation sites (N-methyl/N-ethyl adjacent to an activating group) is 1. The first-order chi connectivity index (χ1) is 11.5. The molecule has 1 heterocycles. The largest absolute Gasteiger partial charge is 0.458 e. The predicted octanol–water partition coefficient (Wildman–Crippen LogP) is 3.46. The van der Waals surface area contributed by atoms with E-state index in [0.29, 0.717) is 17.9 Å². The second-order valence-corrected chi connectivity index (χ2v) is 7.50. The maximum Gasteiger partial charge on any atom is 0.458 e. The highest BCUT2D eigenvalue weighted by Crippen LogP contribution is 2.47. The fraction of sp³-hybridized carbons (Fsp3) is 0.294. The lowest BCUT2D eigenvalue weighted by Crippen LogP contribution is -2.29. The van der Waals surface area contributed by atoms with Crippen molar-refractivity contribution < 1.29 is 23.5 Å². The molecule has 1 aliphatic heterocycles. The maximum absolute atomic E-state index is 12.5. The van der Waals surface area contributed by atoms with Gasteiger partial charge in [-0.1, -0.05) is 24.3 Å². The topological polar surface area (TPSA) is 68.2 Å². The van der Waals surface area contributed by atoms with Crippen LogP contribution in [0.2, 0.25) is 0 Å². The second kappa shape index (κ2) is 6.85. The van der Waals surface area contributed by atoms with E-state index in [9.17, 15) is 9.46 Å². The van der Waals surface area contributed by atoms with E-state index in [0.717, 1.165) is 11.3 Å². The van der Waals surface area contributed by atoms with Gasteiger partial charge in [-0.05, 0) is 50.2 Å². The molecule has 1 aliphatic rings. The summed E-state index contributed by atoms with van der Waals surface area (Å²) in [5.74, 6) is 1.79. The van der Waals surface area contributed by atoms with Gasteiger partial charge >= 0.3 is 7.75 Å². The number of benzene rings is 2. The third-order valence-corrected chi connectivity index (χ3v) is 5.61. The minimum Gasteiger partial charge on any atom is -0.454 e. The zero-order valence-corrected chi connectivity index (χ0v) is 14.5. The number of fused-ring (bicyclic) bond motifs is 1. The fourth-order valence-corrected chi connectivity index (χ4v) is 3.58. The van der Waals surface area contributed by atoms with Gasteiger partial charge in [0.2, 0.25) is 6.79 Å². The molecule has 0 amide bonds. The number of nitrogens with zero attached hydrogens (tertiary/aromatic N) is 1. The summed E-state index contributed by atoms with van der Waals surface area (Å²) in [4.78, 5) is 10.3. The van der Waals surface area contributed by atoms with Gasteiger partial charge in [-0.2, -0.15) is 4.67 Å². The summed E-state index contributed by atoms with van der Waals surface area (Å²) in [5, 5.41) is 0. The van der Waals surface area contributed by atoms with E-state index < -0.39 is 7.75 Å². The molecule has 128 valence electrons. The van der Waals surface area contributed by atoms with Crippen LogP contribution < -0.4 is 14.0 Å². The molecule has 0 saturated carbocycles. The van der Waals surface area contributed by atoms with E-state index in [4.69, 9.17) is 14.0 Å². The number of para-hydroxylation sites is 1. The van der Waals surface area contributed by atoms with Crippen LogP contribution in [0, 0.1) is 0 Å². The van der Waals surface area contributed by atoms with Gasteiger partial charge in [0.15, 0.2) is 11.5 Å². The Kier molecular flexibility index (Phi) is 4.81. The predicted molar refractivity (Wildman–Crippen MR) is 90.4 cm³/mol. The molecule has 0 bridgehead atoms. The van der Waals surface area contributed by atoms with E-state index >= 15 is 0 Å². The van der Waals surface area contributed by atoms with Crippen LogP contribution in [0.25, 0.3) is 0 Å². The molecule has 0 fully saturated rings. The quantitative estimate of drug-likeness (QED) is 0.806. The Bertz CT molecular complexity index is 752. The maximum atomic E-state index is 12.5. The van der Waals surface area contributed by atoms with Crippen LogP contribution in [-0.4, -0.2) is 29.4 Å². The van der Waals surface area contributed by atoms with Gasteiger partial charge < -0.3 is 18.9 Å². The molecule has 2 unspecified atom stereocenters. The highest BCUT2D eigenvalue weighted by molar-refractivity contribution is 7.50. The summed E-state index contributed by atoms with van der Waals surface area (Å²) in [6.45, 7) is 2.10. The van der Waals surface area contributed by atoms with Crippen LogP contribution in [0.3, 0.4) is 0 Å². The summed E-state index contributed by atoms with van der Waals surface area (Å²) < 4.78 is 29.8. The second-order valence-electron chi connectivity index (χ2n) is 5.71.